The number of aryl methyl sites for hydroxylation is 2. The van der Waals surface area contributed by atoms with E-state index >= 15 is 0 Å². The van der Waals surface area contributed by atoms with E-state index in [4.69, 9.17) is 9.84 Å². The maximum atomic E-state index is 13.7. The molecular formula is C25H26CaF3NO3. The van der Waals surface area contributed by atoms with Gasteiger partial charge in [-0.2, -0.15) is 13.2 Å². The molecule has 8 heteroatoms. The van der Waals surface area contributed by atoms with Crippen molar-refractivity contribution in [1.82, 2.24) is 4.98 Å². The van der Waals surface area contributed by atoms with E-state index in [1.807, 2.05) is 19.1 Å². The summed E-state index contributed by atoms with van der Waals surface area (Å²) in [4.78, 5) is 14.1. The van der Waals surface area contributed by atoms with Crippen LogP contribution in [0.25, 0.3) is 10.9 Å². The second kappa shape index (κ2) is 10.7. The molecule has 2 N–H and O–H groups in total. The summed E-state index contributed by atoms with van der Waals surface area (Å²) in [5, 5.41) is 9.82. The van der Waals surface area contributed by atoms with Gasteiger partial charge in [-0.25, -0.2) is 0 Å². The van der Waals surface area contributed by atoms with Crippen LogP contribution in [-0.2, 0) is 24.0 Å². The molecule has 0 bridgehead atoms. The summed E-state index contributed by atoms with van der Waals surface area (Å²) in [6, 6.07) is 10.0. The first-order chi connectivity index (χ1) is 15.2. The number of carboxylic acids is 1. The molecule has 1 aliphatic carbocycles. The molecule has 1 fully saturated rings. The second-order valence-corrected chi connectivity index (χ2v) is 8.52. The largest absolute Gasteiger partial charge is 0.489 e. The molecule has 1 aliphatic rings. The predicted octanol–water partition coefficient (Wildman–Crippen LogP) is 6.37. The van der Waals surface area contributed by atoms with Crippen molar-refractivity contribution in [3.05, 3.63) is 64.3 Å². The molecule has 2 aromatic carbocycles. The van der Waals surface area contributed by atoms with Gasteiger partial charge >= 0.3 is 12.1 Å². The average molecular weight is 486 g/mol. The van der Waals surface area contributed by atoms with Crippen molar-refractivity contribution in [2.45, 2.75) is 64.1 Å². The molecule has 2 radical (unpaired) electrons. The van der Waals surface area contributed by atoms with Crippen LogP contribution in [-0.4, -0.2) is 53.8 Å². The Kier molecular flexibility index (Phi) is 8.40. The summed E-state index contributed by atoms with van der Waals surface area (Å²) in [6.07, 6.45) is -0.374. The van der Waals surface area contributed by atoms with Gasteiger partial charge in [-0.05, 0) is 73.1 Å². The fourth-order valence-electron chi connectivity index (χ4n) is 4.63. The van der Waals surface area contributed by atoms with Gasteiger partial charge in [0, 0.05) is 54.3 Å². The van der Waals surface area contributed by atoms with Gasteiger partial charge in [0.05, 0.1) is 12.0 Å². The first-order valence-electron chi connectivity index (χ1n) is 10.9. The number of aromatic nitrogens is 1. The van der Waals surface area contributed by atoms with E-state index in [9.17, 15) is 18.0 Å². The summed E-state index contributed by atoms with van der Waals surface area (Å²) in [5.41, 5.74) is 3.01. The van der Waals surface area contributed by atoms with Crippen LogP contribution in [0.1, 0.15) is 66.0 Å². The topological polar surface area (TPSA) is 62.3 Å². The minimum Gasteiger partial charge on any atom is -0.489 e. The number of fused-ring (bicyclic) bond motifs is 1. The third kappa shape index (κ3) is 6.06. The molecule has 33 heavy (non-hydrogen) atoms. The first-order valence-corrected chi connectivity index (χ1v) is 10.9. The maximum Gasteiger partial charge on any atom is 0.416 e. The molecule has 1 heterocycles. The number of rotatable bonds is 7. The summed E-state index contributed by atoms with van der Waals surface area (Å²) < 4.78 is 46.9. The van der Waals surface area contributed by atoms with Crippen LogP contribution < -0.4 is 4.74 Å². The predicted molar refractivity (Wildman–Crippen MR) is 122 cm³/mol. The Hall–Kier alpha value is -1.70. The van der Waals surface area contributed by atoms with Gasteiger partial charge in [0.15, 0.2) is 0 Å². The first kappa shape index (κ1) is 25.9. The van der Waals surface area contributed by atoms with Crippen molar-refractivity contribution in [2.24, 2.45) is 0 Å². The number of ether oxygens (including phenoxy) is 1. The number of halogens is 3. The molecule has 0 atom stereocenters. The van der Waals surface area contributed by atoms with E-state index < -0.39 is 17.7 Å². The summed E-state index contributed by atoms with van der Waals surface area (Å²) in [6.45, 7) is 1.95. The fourth-order valence-corrected chi connectivity index (χ4v) is 4.63. The standard InChI is InChI=1S/C25H26F3NO3.Ca/c1-15-20-13-18(7-9-23(20)29-22(15)10-11-24(30)31)32-14-16-6-8-19(17-4-2-3-5-17)21(12-16)25(26,27)28;/h6-9,12-13,17,29H,2-5,10-11,14H2,1H3,(H,30,31);. The molecule has 1 aromatic heterocycles. The van der Waals surface area contributed by atoms with Gasteiger partial charge in [-0.3, -0.25) is 4.79 Å². The minimum atomic E-state index is -4.39. The number of benzene rings is 2. The van der Waals surface area contributed by atoms with Gasteiger partial charge in [0.25, 0.3) is 0 Å². The molecule has 0 aliphatic heterocycles. The van der Waals surface area contributed by atoms with E-state index in [1.165, 1.54) is 6.07 Å². The number of nitrogens with one attached hydrogen (secondary N) is 1. The van der Waals surface area contributed by atoms with Gasteiger partial charge < -0.3 is 14.8 Å². The summed E-state index contributed by atoms with van der Waals surface area (Å²) >= 11 is 0. The van der Waals surface area contributed by atoms with Crippen molar-refractivity contribution in [2.75, 3.05) is 0 Å². The number of alkyl halides is 3. The van der Waals surface area contributed by atoms with Crippen molar-refractivity contribution in [3.8, 4) is 5.75 Å². The number of aromatic amines is 1. The van der Waals surface area contributed by atoms with Crippen LogP contribution in [0.3, 0.4) is 0 Å². The van der Waals surface area contributed by atoms with Crippen LogP contribution in [0.4, 0.5) is 13.2 Å². The van der Waals surface area contributed by atoms with Gasteiger partial charge in [-0.1, -0.05) is 25.0 Å². The number of H-pyrrole nitrogens is 1. The number of hydrogen-bond acceptors (Lipinski definition) is 2. The van der Waals surface area contributed by atoms with Crippen molar-refractivity contribution >= 4 is 54.6 Å². The quantitative estimate of drug-likeness (QED) is 0.383. The van der Waals surface area contributed by atoms with Crippen LogP contribution in [0, 0.1) is 6.92 Å². The van der Waals surface area contributed by atoms with Crippen molar-refractivity contribution < 1.29 is 27.8 Å². The van der Waals surface area contributed by atoms with Crippen molar-refractivity contribution in [3.63, 3.8) is 0 Å². The maximum absolute atomic E-state index is 13.7. The molecular weight excluding hydrogens is 459 g/mol. The number of carboxylic acid groups (broad SMARTS) is 1. The molecule has 4 rings (SSSR count). The smallest absolute Gasteiger partial charge is 0.416 e. The summed E-state index contributed by atoms with van der Waals surface area (Å²) in [7, 11) is 0. The van der Waals surface area contributed by atoms with Crippen LogP contribution >= 0.6 is 0 Å². The Labute approximate surface area is 220 Å². The normalized spacial score (nSPS) is 14.4. The molecule has 4 nitrogen and oxygen atoms in total. The minimum absolute atomic E-state index is 0. The summed E-state index contributed by atoms with van der Waals surface area (Å²) in [5.74, 6) is -0.321. The van der Waals surface area contributed by atoms with E-state index in [2.05, 4.69) is 4.98 Å². The van der Waals surface area contributed by atoms with Crippen LogP contribution in [0.15, 0.2) is 36.4 Å². The zero-order valence-corrected chi connectivity index (χ0v) is 20.8. The number of aliphatic carboxylic acids is 1. The van der Waals surface area contributed by atoms with Crippen LogP contribution in [0.2, 0.25) is 0 Å². The Bertz CT molecular complexity index is 1130. The van der Waals surface area contributed by atoms with E-state index in [0.29, 0.717) is 23.3 Å². The molecule has 1 saturated carbocycles. The molecule has 0 spiro atoms. The third-order valence-electron chi connectivity index (χ3n) is 6.35. The number of hydrogen-bond donors (Lipinski definition) is 2. The van der Waals surface area contributed by atoms with E-state index in [1.54, 1.807) is 18.2 Å². The zero-order chi connectivity index (χ0) is 22.9. The zero-order valence-electron chi connectivity index (χ0n) is 18.6. The van der Waals surface area contributed by atoms with Crippen LogP contribution in [0.5, 0.6) is 5.75 Å². The fraction of sp³-hybridized carbons (Fsp3) is 0.400. The monoisotopic (exact) mass is 485 g/mol. The second-order valence-electron chi connectivity index (χ2n) is 8.52. The molecule has 172 valence electrons. The number of carbonyl (C=O) groups is 1. The molecule has 0 amide bonds. The molecule has 0 unspecified atom stereocenters. The van der Waals surface area contributed by atoms with Gasteiger partial charge in [0.1, 0.15) is 12.4 Å². The molecule has 3 aromatic rings. The van der Waals surface area contributed by atoms with Gasteiger partial charge in [0.2, 0.25) is 0 Å². The van der Waals surface area contributed by atoms with Gasteiger partial charge in [-0.15, -0.1) is 0 Å². The SMILES string of the molecule is Cc1c(CCC(=O)O)[nH]c2ccc(OCc3ccc(C4CCCC4)c(C(F)(F)F)c3)cc12.[Ca]. The Morgan fingerprint density at radius 3 is 2.55 bits per heavy atom. The Morgan fingerprint density at radius 1 is 1.15 bits per heavy atom. The van der Waals surface area contributed by atoms with E-state index in [-0.39, 0.29) is 56.7 Å². The third-order valence-corrected chi connectivity index (χ3v) is 6.35. The Balaban J connectivity index is 0.00000306. The van der Waals surface area contributed by atoms with E-state index in [0.717, 1.165) is 47.8 Å². The van der Waals surface area contributed by atoms with Crippen molar-refractivity contribution in [1.29, 1.82) is 0 Å². The Morgan fingerprint density at radius 2 is 1.88 bits per heavy atom. The molecule has 0 saturated heterocycles. The average Bonchev–Trinajstić information content (AvgIpc) is 3.38.